The number of hydrogen-bond acceptors (Lipinski definition) is 2. The SMILES string of the molecule is CCN(CC)C(=O)c1ccc(C(=C2CCNCC2)c2cccc(C)c2)cc1. The third-order valence-corrected chi connectivity index (χ3v) is 5.34. The first kappa shape index (κ1) is 19.4. The van der Waals surface area contributed by atoms with Gasteiger partial charge in [-0.1, -0.05) is 47.5 Å². The highest BCUT2D eigenvalue weighted by molar-refractivity contribution is 5.95. The molecule has 0 saturated carbocycles. The van der Waals surface area contributed by atoms with Gasteiger partial charge in [-0.05, 0) is 75.5 Å². The van der Waals surface area contributed by atoms with E-state index < -0.39 is 0 Å². The van der Waals surface area contributed by atoms with Crippen molar-refractivity contribution in [3.63, 3.8) is 0 Å². The molecule has 142 valence electrons. The van der Waals surface area contributed by atoms with Crippen LogP contribution in [0.3, 0.4) is 0 Å². The summed E-state index contributed by atoms with van der Waals surface area (Å²) in [6, 6.07) is 16.9. The van der Waals surface area contributed by atoms with Gasteiger partial charge >= 0.3 is 0 Å². The van der Waals surface area contributed by atoms with Crippen molar-refractivity contribution in [3.8, 4) is 0 Å². The van der Waals surface area contributed by atoms with E-state index in [-0.39, 0.29) is 5.91 Å². The molecule has 3 heteroatoms. The summed E-state index contributed by atoms with van der Waals surface area (Å²) in [7, 11) is 0. The molecule has 1 fully saturated rings. The van der Waals surface area contributed by atoms with Crippen LogP contribution in [0.1, 0.15) is 53.7 Å². The third-order valence-electron chi connectivity index (χ3n) is 5.34. The minimum atomic E-state index is 0.109. The van der Waals surface area contributed by atoms with Crippen molar-refractivity contribution in [3.05, 3.63) is 76.4 Å². The number of piperidine rings is 1. The molecule has 27 heavy (non-hydrogen) atoms. The number of carbonyl (C=O) groups excluding carboxylic acids is 1. The number of carbonyl (C=O) groups is 1. The van der Waals surface area contributed by atoms with Crippen LogP contribution < -0.4 is 5.32 Å². The lowest BCUT2D eigenvalue weighted by Crippen LogP contribution is -2.30. The molecule has 0 aliphatic carbocycles. The van der Waals surface area contributed by atoms with Gasteiger partial charge in [0.15, 0.2) is 0 Å². The lowest BCUT2D eigenvalue weighted by molar-refractivity contribution is 0.0773. The zero-order chi connectivity index (χ0) is 19.2. The second-order valence-electron chi connectivity index (χ2n) is 7.15. The number of aryl methyl sites for hydroxylation is 1. The molecule has 0 atom stereocenters. The van der Waals surface area contributed by atoms with Gasteiger partial charge in [-0.3, -0.25) is 4.79 Å². The Hall–Kier alpha value is -2.39. The van der Waals surface area contributed by atoms with Gasteiger partial charge < -0.3 is 10.2 Å². The highest BCUT2D eigenvalue weighted by Crippen LogP contribution is 2.31. The highest BCUT2D eigenvalue weighted by Gasteiger charge is 2.17. The van der Waals surface area contributed by atoms with Crippen LogP contribution in [0.5, 0.6) is 0 Å². The van der Waals surface area contributed by atoms with Crippen molar-refractivity contribution >= 4 is 11.5 Å². The molecule has 1 heterocycles. The van der Waals surface area contributed by atoms with E-state index in [1.807, 2.05) is 30.9 Å². The Kier molecular flexibility index (Phi) is 6.46. The summed E-state index contributed by atoms with van der Waals surface area (Å²) < 4.78 is 0. The van der Waals surface area contributed by atoms with Gasteiger partial charge in [-0.25, -0.2) is 0 Å². The van der Waals surface area contributed by atoms with Crippen LogP contribution in [0, 0.1) is 6.92 Å². The fourth-order valence-electron chi connectivity index (χ4n) is 3.83. The van der Waals surface area contributed by atoms with E-state index >= 15 is 0 Å². The Morgan fingerprint density at radius 1 is 0.926 bits per heavy atom. The molecule has 1 N–H and O–H groups in total. The molecule has 1 aliphatic rings. The first-order valence-electron chi connectivity index (χ1n) is 10.0. The maximum atomic E-state index is 12.6. The van der Waals surface area contributed by atoms with Crippen molar-refractivity contribution in [1.29, 1.82) is 0 Å². The van der Waals surface area contributed by atoms with E-state index in [9.17, 15) is 4.79 Å². The molecule has 3 nitrogen and oxygen atoms in total. The molecule has 0 aromatic heterocycles. The number of amides is 1. The minimum absolute atomic E-state index is 0.109. The van der Waals surface area contributed by atoms with Gasteiger partial charge in [0, 0.05) is 18.7 Å². The largest absolute Gasteiger partial charge is 0.339 e. The summed E-state index contributed by atoms with van der Waals surface area (Å²) in [5, 5.41) is 3.45. The minimum Gasteiger partial charge on any atom is -0.339 e. The Morgan fingerprint density at radius 3 is 2.15 bits per heavy atom. The normalized spacial score (nSPS) is 14.1. The van der Waals surface area contributed by atoms with Gasteiger partial charge in [-0.2, -0.15) is 0 Å². The second-order valence-corrected chi connectivity index (χ2v) is 7.15. The molecule has 0 bridgehead atoms. The van der Waals surface area contributed by atoms with Gasteiger partial charge in [-0.15, -0.1) is 0 Å². The van der Waals surface area contributed by atoms with Gasteiger partial charge in [0.1, 0.15) is 0 Å². The first-order valence-corrected chi connectivity index (χ1v) is 10.0. The summed E-state index contributed by atoms with van der Waals surface area (Å²) in [5.74, 6) is 0.109. The van der Waals surface area contributed by atoms with E-state index in [0.717, 1.165) is 44.6 Å². The molecule has 1 saturated heterocycles. The van der Waals surface area contributed by atoms with Crippen molar-refractivity contribution < 1.29 is 4.79 Å². The molecule has 0 unspecified atom stereocenters. The summed E-state index contributed by atoms with van der Waals surface area (Å²) in [4.78, 5) is 14.5. The predicted octanol–water partition coefficient (Wildman–Crippen LogP) is 4.66. The van der Waals surface area contributed by atoms with Crippen molar-refractivity contribution in [1.82, 2.24) is 10.2 Å². The lowest BCUT2D eigenvalue weighted by atomic mass is 9.88. The Labute approximate surface area is 163 Å². The number of rotatable bonds is 5. The third kappa shape index (κ3) is 4.48. The Balaban J connectivity index is 1.99. The molecule has 1 aliphatic heterocycles. The summed E-state index contributed by atoms with van der Waals surface area (Å²) in [6.07, 6.45) is 2.15. The van der Waals surface area contributed by atoms with Gasteiger partial charge in [0.25, 0.3) is 5.91 Å². The monoisotopic (exact) mass is 362 g/mol. The van der Waals surface area contributed by atoms with Crippen LogP contribution in [0.25, 0.3) is 5.57 Å². The molecule has 0 radical (unpaired) electrons. The standard InChI is InChI=1S/C24H30N2O/c1-4-26(5-2)24(27)21-11-9-19(10-12-21)23(20-13-15-25-16-14-20)22-8-6-7-18(3)17-22/h6-12,17,25H,4-5,13-16H2,1-3H3. The number of nitrogens with one attached hydrogen (secondary N) is 1. The fraction of sp³-hybridized carbons (Fsp3) is 0.375. The topological polar surface area (TPSA) is 32.3 Å². The number of benzene rings is 2. The molecule has 1 amide bonds. The van der Waals surface area contributed by atoms with Gasteiger partial charge in [0.05, 0.1) is 0 Å². The average molecular weight is 363 g/mol. The van der Waals surface area contributed by atoms with Crippen molar-refractivity contribution in [2.24, 2.45) is 0 Å². The molecule has 3 rings (SSSR count). The average Bonchev–Trinajstić information content (AvgIpc) is 2.70. The van der Waals surface area contributed by atoms with Gasteiger partial charge in [0.2, 0.25) is 0 Å². The molecular formula is C24H30N2O. The number of nitrogens with zero attached hydrogens (tertiary/aromatic N) is 1. The van der Waals surface area contributed by atoms with E-state index in [4.69, 9.17) is 0 Å². The summed E-state index contributed by atoms with van der Waals surface area (Å²) in [6.45, 7) is 9.72. The maximum Gasteiger partial charge on any atom is 0.253 e. The summed E-state index contributed by atoms with van der Waals surface area (Å²) >= 11 is 0. The zero-order valence-electron chi connectivity index (χ0n) is 16.7. The molecule has 2 aromatic carbocycles. The Bertz CT molecular complexity index is 809. The quantitative estimate of drug-likeness (QED) is 0.839. The van der Waals surface area contributed by atoms with Crippen LogP contribution in [0.4, 0.5) is 0 Å². The maximum absolute atomic E-state index is 12.6. The van der Waals surface area contributed by atoms with Crippen molar-refractivity contribution in [2.45, 2.75) is 33.6 Å². The van der Waals surface area contributed by atoms with Crippen LogP contribution in [-0.4, -0.2) is 37.0 Å². The van der Waals surface area contributed by atoms with E-state index in [2.05, 4.69) is 48.6 Å². The molecule has 2 aromatic rings. The summed E-state index contributed by atoms with van der Waals surface area (Å²) in [5.41, 5.74) is 7.35. The first-order chi connectivity index (χ1) is 13.1. The van der Waals surface area contributed by atoms with E-state index in [1.54, 1.807) is 0 Å². The Morgan fingerprint density at radius 2 is 1.56 bits per heavy atom. The van der Waals surface area contributed by atoms with Crippen LogP contribution in [-0.2, 0) is 0 Å². The van der Waals surface area contributed by atoms with Crippen LogP contribution >= 0.6 is 0 Å². The second kappa shape index (κ2) is 9.01. The smallest absolute Gasteiger partial charge is 0.253 e. The van der Waals surface area contributed by atoms with Crippen LogP contribution in [0.15, 0.2) is 54.1 Å². The molecule has 0 spiro atoms. The number of hydrogen-bond donors (Lipinski definition) is 1. The van der Waals surface area contributed by atoms with Crippen LogP contribution in [0.2, 0.25) is 0 Å². The van der Waals surface area contributed by atoms with Crippen molar-refractivity contribution in [2.75, 3.05) is 26.2 Å². The predicted molar refractivity (Wildman–Crippen MR) is 113 cm³/mol. The van der Waals surface area contributed by atoms with E-state index in [1.165, 1.54) is 27.8 Å². The molecular weight excluding hydrogens is 332 g/mol. The van der Waals surface area contributed by atoms with E-state index in [0.29, 0.717) is 0 Å². The highest BCUT2D eigenvalue weighted by atomic mass is 16.2. The lowest BCUT2D eigenvalue weighted by Gasteiger charge is -2.22. The zero-order valence-corrected chi connectivity index (χ0v) is 16.7. The fourth-order valence-corrected chi connectivity index (χ4v) is 3.83.